The number of halogens is 1. The number of thioether (sulfide) groups is 1. The SMILES string of the molecule is CSc1cccc(NC(=O)c2cnc(-c3ccc(F)cc3)nc2C)c1. The molecule has 0 bridgehead atoms. The van der Waals surface area contributed by atoms with Crippen LogP contribution < -0.4 is 5.32 Å². The molecule has 1 heterocycles. The van der Waals surface area contributed by atoms with Gasteiger partial charge >= 0.3 is 0 Å². The first-order chi connectivity index (χ1) is 12.1. The number of hydrogen-bond acceptors (Lipinski definition) is 4. The van der Waals surface area contributed by atoms with Gasteiger partial charge in [0.05, 0.1) is 11.3 Å². The lowest BCUT2D eigenvalue weighted by molar-refractivity contribution is 0.102. The van der Waals surface area contributed by atoms with E-state index in [0.29, 0.717) is 22.6 Å². The second kappa shape index (κ2) is 7.44. The van der Waals surface area contributed by atoms with Crippen LogP contribution in [0.2, 0.25) is 0 Å². The van der Waals surface area contributed by atoms with Crippen LogP contribution in [0.3, 0.4) is 0 Å². The van der Waals surface area contributed by atoms with Crippen molar-refractivity contribution < 1.29 is 9.18 Å². The molecule has 0 saturated heterocycles. The Kier molecular flexibility index (Phi) is 5.09. The summed E-state index contributed by atoms with van der Waals surface area (Å²) in [4.78, 5) is 22.2. The average molecular weight is 353 g/mol. The Labute approximate surface area is 149 Å². The van der Waals surface area contributed by atoms with Gasteiger partial charge < -0.3 is 5.32 Å². The lowest BCUT2D eigenvalue weighted by atomic mass is 10.1. The molecule has 0 fully saturated rings. The van der Waals surface area contributed by atoms with Crippen molar-refractivity contribution in [3.05, 3.63) is 71.8 Å². The second-order valence-corrected chi connectivity index (χ2v) is 6.27. The minimum absolute atomic E-state index is 0.263. The van der Waals surface area contributed by atoms with E-state index < -0.39 is 0 Å². The molecule has 0 aliphatic heterocycles. The third kappa shape index (κ3) is 4.03. The molecule has 6 heteroatoms. The third-order valence-electron chi connectivity index (χ3n) is 3.65. The Morgan fingerprint density at radius 1 is 1.16 bits per heavy atom. The number of carbonyl (C=O) groups is 1. The molecule has 1 N–H and O–H groups in total. The first kappa shape index (κ1) is 17.1. The predicted octanol–water partition coefficient (Wildman–Crippen LogP) is 4.57. The van der Waals surface area contributed by atoms with Crippen LogP contribution in [0.1, 0.15) is 16.1 Å². The Hall–Kier alpha value is -2.73. The number of anilines is 1. The first-order valence-corrected chi connectivity index (χ1v) is 8.84. The molecule has 3 aromatic rings. The summed E-state index contributed by atoms with van der Waals surface area (Å²) >= 11 is 1.61. The van der Waals surface area contributed by atoms with E-state index in [0.717, 1.165) is 10.6 Å². The smallest absolute Gasteiger partial charge is 0.259 e. The number of hydrogen-bond donors (Lipinski definition) is 1. The highest BCUT2D eigenvalue weighted by Gasteiger charge is 2.13. The van der Waals surface area contributed by atoms with Crippen LogP contribution in [0, 0.1) is 12.7 Å². The molecule has 0 spiro atoms. The van der Waals surface area contributed by atoms with Gasteiger partial charge in [-0.05, 0) is 55.6 Å². The number of nitrogens with one attached hydrogen (secondary N) is 1. The molecule has 0 atom stereocenters. The van der Waals surface area contributed by atoms with E-state index >= 15 is 0 Å². The molecule has 25 heavy (non-hydrogen) atoms. The summed E-state index contributed by atoms with van der Waals surface area (Å²) < 4.78 is 13.0. The van der Waals surface area contributed by atoms with E-state index in [9.17, 15) is 9.18 Å². The van der Waals surface area contributed by atoms with Crippen molar-refractivity contribution in [1.82, 2.24) is 9.97 Å². The lowest BCUT2D eigenvalue weighted by Crippen LogP contribution is -2.15. The lowest BCUT2D eigenvalue weighted by Gasteiger charge is -2.09. The normalized spacial score (nSPS) is 10.5. The summed E-state index contributed by atoms with van der Waals surface area (Å²) in [5, 5.41) is 2.86. The molecule has 0 radical (unpaired) electrons. The molecule has 126 valence electrons. The molecule has 0 saturated carbocycles. The summed E-state index contributed by atoms with van der Waals surface area (Å²) in [6.45, 7) is 1.75. The van der Waals surface area contributed by atoms with Crippen LogP contribution in [0.15, 0.2) is 59.6 Å². The van der Waals surface area contributed by atoms with E-state index in [1.807, 2.05) is 30.5 Å². The number of aromatic nitrogens is 2. The van der Waals surface area contributed by atoms with Crippen LogP contribution in [-0.4, -0.2) is 22.1 Å². The van der Waals surface area contributed by atoms with Crippen LogP contribution in [0.4, 0.5) is 10.1 Å². The standard InChI is InChI=1S/C19H16FN3OS/c1-12-17(19(24)23-15-4-3-5-16(10-15)25-2)11-21-18(22-12)13-6-8-14(20)9-7-13/h3-11H,1-2H3,(H,23,24). The highest BCUT2D eigenvalue weighted by molar-refractivity contribution is 7.98. The van der Waals surface area contributed by atoms with Gasteiger partial charge in [0.1, 0.15) is 5.82 Å². The van der Waals surface area contributed by atoms with Crippen molar-refractivity contribution in [3.63, 3.8) is 0 Å². The Morgan fingerprint density at radius 3 is 2.60 bits per heavy atom. The zero-order valence-electron chi connectivity index (χ0n) is 13.8. The van der Waals surface area contributed by atoms with Gasteiger partial charge in [-0.1, -0.05) is 6.07 Å². The van der Waals surface area contributed by atoms with Crippen LogP contribution >= 0.6 is 11.8 Å². The number of rotatable bonds is 4. The maximum Gasteiger partial charge on any atom is 0.259 e. The quantitative estimate of drug-likeness (QED) is 0.698. The number of nitrogens with zero attached hydrogens (tertiary/aromatic N) is 2. The Balaban J connectivity index is 1.82. The van der Waals surface area contributed by atoms with Crippen molar-refractivity contribution in [3.8, 4) is 11.4 Å². The zero-order valence-corrected chi connectivity index (χ0v) is 14.6. The van der Waals surface area contributed by atoms with Crippen LogP contribution in [0.5, 0.6) is 0 Å². The van der Waals surface area contributed by atoms with Crippen LogP contribution in [0.25, 0.3) is 11.4 Å². The molecular formula is C19H16FN3OS. The predicted molar refractivity (Wildman–Crippen MR) is 98.3 cm³/mol. The summed E-state index contributed by atoms with van der Waals surface area (Å²) in [6, 6.07) is 13.5. The maximum atomic E-state index is 13.0. The van der Waals surface area contributed by atoms with Gasteiger partial charge in [-0.2, -0.15) is 0 Å². The molecule has 2 aromatic carbocycles. The molecule has 0 aliphatic rings. The van der Waals surface area contributed by atoms with Crippen LogP contribution in [-0.2, 0) is 0 Å². The van der Waals surface area contributed by atoms with E-state index in [4.69, 9.17) is 0 Å². The fraction of sp³-hybridized carbons (Fsp3) is 0.105. The molecule has 4 nitrogen and oxygen atoms in total. The largest absolute Gasteiger partial charge is 0.322 e. The monoisotopic (exact) mass is 353 g/mol. The molecule has 0 unspecified atom stereocenters. The van der Waals surface area contributed by atoms with Gasteiger partial charge in [-0.15, -0.1) is 11.8 Å². The first-order valence-electron chi connectivity index (χ1n) is 7.62. The fourth-order valence-electron chi connectivity index (χ4n) is 2.33. The maximum absolute atomic E-state index is 13.0. The summed E-state index contributed by atoms with van der Waals surface area (Å²) in [7, 11) is 0. The van der Waals surface area contributed by atoms with Crippen molar-refractivity contribution in [2.45, 2.75) is 11.8 Å². The molecule has 1 aromatic heterocycles. The topological polar surface area (TPSA) is 54.9 Å². The number of aryl methyl sites for hydroxylation is 1. The minimum Gasteiger partial charge on any atom is -0.322 e. The van der Waals surface area contributed by atoms with E-state index in [-0.39, 0.29) is 11.7 Å². The van der Waals surface area contributed by atoms with Gasteiger partial charge in [0.15, 0.2) is 5.82 Å². The van der Waals surface area contributed by atoms with Crippen molar-refractivity contribution in [1.29, 1.82) is 0 Å². The van der Waals surface area contributed by atoms with Gasteiger partial charge in [0.2, 0.25) is 0 Å². The van der Waals surface area contributed by atoms with Crippen molar-refractivity contribution in [2.75, 3.05) is 11.6 Å². The number of benzene rings is 2. The van der Waals surface area contributed by atoms with E-state index in [1.54, 1.807) is 30.8 Å². The molecule has 3 rings (SSSR count). The second-order valence-electron chi connectivity index (χ2n) is 5.39. The summed E-state index contributed by atoms with van der Waals surface area (Å²) in [5.74, 6) is -0.121. The van der Waals surface area contributed by atoms with E-state index in [1.165, 1.54) is 18.3 Å². The van der Waals surface area contributed by atoms with E-state index in [2.05, 4.69) is 15.3 Å². The highest BCUT2D eigenvalue weighted by Crippen LogP contribution is 2.21. The molecular weight excluding hydrogens is 337 g/mol. The number of carbonyl (C=O) groups excluding carboxylic acids is 1. The third-order valence-corrected chi connectivity index (χ3v) is 4.38. The molecule has 0 aliphatic carbocycles. The van der Waals surface area contributed by atoms with Gasteiger partial charge in [0.25, 0.3) is 5.91 Å². The van der Waals surface area contributed by atoms with Crippen molar-refractivity contribution >= 4 is 23.4 Å². The zero-order chi connectivity index (χ0) is 17.8. The average Bonchev–Trinajstić information content (AvgIpc) is 2.62. The Morgan fingerprint density at radius 2 is 1.92 bits per heavy atom. The number of amides is 1. The minimum atomic E-state index is -0.316. The van der Waals surface area contributed by atoms with Gasteiger partial charge in [0, 0.05) is 22.3 Å². The fourth-order valence-corrected chi connectivity index (χ4v) is 2.79. The Bertz CT molecular complexity index is 913. The summed E-state index contributed by atoms with van der Waals surface area (Å²) in [5.41, 5.74) is 2.39. The summed E-state index contributed by atoms with van der Waals surface area (Å²) in [6.07, 6.45) is 3.47. The van der Waals surface area contributed by atoms with Gasteiger partial charge in [-0.25, -0.2) is 14.4 Å². The van der Waals surface area contributed by atoms with Gasteiger partial charge in [-0.3, -0.25) is 4.79 Å². The molecule has 1 amide bonds. The van der Waals surface area contributed by atoms with Crippen molar-refractivity contribution in [2.24, 2.45) is 0 Å². The highest BCUT2D eigenvalue weighted by atomic mass is 32.2.